The molecule has 0 bridgehead atoms. The van der Waals surface area contributed by atoms with Crippen LogP contribution in [-0.2, 0) is 15.9 Å². The lowest BCUT2D eigenvalue weighted by Gasteiger charge is -2.38. The molecule has 3 heterocycles. The van der Waals surface area contributed by atoms with Crippen LogP contribution in [0.5, 0.6) is 5.88 Å². The zero-order chi connectivity index (χ0) is 22.6. The molecule has 2 fully saturated rings. The molecule has 1 saturated carbocycles. The number of hydrogen-bond acceptors (Lipinski definition) is 8. The van der Waals surface area contributed by atoms with Crippen molar-refractivity contribution in [3.63, 3.8) is 0 Å². The molecule has 0 radical (unpaired) electrons. The number of morpholine rings is 1. The van der Waals surface area contributed by atoms with Crippen LogP contribution < -0.4 is 10.1 Å². The van der Waals surface area contributed by atoms with E-state index in [1.807, 2.05) is 20.8 Å². The van der Waals surface area contributed by atoms with Gasteiger partial charge in [0.2, 0.25) is 5.88 Å². The van der Waals surface area contributed by atoms with Gasteiger partial charge in [-0.25, -0.2) is 14.8 Å². The molecular weight excluding hydrogens is 428 g/mol. The Kier molecular flexibility index (Phi) is 7.48. The fourth-order valence-corrected chi connectivity index (χ4v) is 5.32. The molecule has 4 rings (SSSR count). The number of aromatic nitrogens is 2. The van der Waals surface area contributed by atoms with Crippen molar-refractivity contribution in [2.75, 3.05) is 32.8 Å². The molecule has 2 aromatic heterocycles. The third kappa shape index (κ3) is 6.30. The number of alkyl carbamates (subject to hydrolysis) is 1. The molecule has 176 valence electrons. The van der Waals surface area contributed by atoms with E-state index in [1.54, 1.807) is 17.7 Å². The number of fused-ring (bicyclic) bond motifs is 1. The standard InChI is InChI=1S/C23H34N4O4S/c1-23(2,3)31-22(28)24-9-8-18-14-19-20(25-15-26-21(19)32-18)30-17-6-4-16(5-7-17)27-10-12-29-13-11-27/h14-17H,4-13H2,1-3H3,(H,24,28)/t16-,17-. The highest BCUT2D eigenvalue weighted by Crippen LogP contribution is 2.33. The molecule has 32 heavy (non-hydrogen) atoms. The predicted octanol–water partition coefficient (Wildman–Crippen LogP) is 3.78. The van der Waals surface area contributed by atoms with Crippen molar-refractivity contribution in [1.82, 2.24) is 20.2 Å². The molecule has 0 aromatic carbocycles. The Balaban J connectivity index is 1.30. The molecule has 2 aromatic rings. The maximum Gasteiger partial charge on any atom is 0.407 e. The fourth-order valence-electron chi connectivity index (χ4n) is 4.33. The summed E-state index contributed by atoms with van der Waals surface area (Å²) >= 11 is 1.62. The van der Waals surface area contributed by atoms with E-state index in [-0.39, 0.29) is 6.10 Å². The van der Waals surface area contributed by atoms with E-state index >= 15 is 0 Å². The molecule has 1 amide bonds. The lowest BCUT2D eigenvalue weighted by Crippen LogP contribution is -2.46. The van der Waals surface area contributed by atoms with Crippen molar-refractivity contribution in [2.45, 2.75) is 70.6 Å². The average molecular weight is 463 g/mol. The van der Waals surface area contributed by atoms with E-state index in [0.29, 0.717) is 24.9 Å². The summed E-state index contributed by atoms with van der Waals surface area (Å²) in [5.41, 5.74) is -0.495. The zero-order valence-corrected chi connectivity index (χ0v) is 20.1. The van der Waals surface area contributed by atoms with Crippen molar-refractivity contribution in [3.05, 3.63) is 17.3 Å². The second-order valence-electron chi connectivity index (χ2n) is 9.49. The van der Waals surface area contributed by atoms with Crippen molar-refractivity contribution in [3.8, 4) is 5.88 Å². The molecule has 0 unspecified atom stereocenters. The second-order valence-corrected chi connectivity index (χ2v) is 10.6. The summed E-state index contributed by atoms with van der Waals surface area (Å²) in [6.45, 7) is 9.87. The average Bonchev–Trinajstić information content (AvgIpc) is 3.18. The van der Waals surface area contributed by atoms with Gasteiger partial charge in [0.15, 0.2) is 0 Å². The molecule has 1 N–H and O–H groups in total. The Morgan fingerprint density at radius 2 is 1.97 bits per heavy atom. The monoisotopic (exact) mass is 462 g/mol. The van der Waals surface area contributed by atoms with Gasteiger partial charge in [0.05, 0.1) is 18.6 Å². The normalized spacial score (nSPS) is 22.6. The van der Waals surface area contributed by atoms with Crippen LogP contribution in [0.3, 0.4) is 0 Å². The first kappa shape index (κ1) is 23.2. The minimum atomic E-state index is -0.495. The second kappa shape index (κ2) is 10.3. The largest absolute Gasteiger partial charge is 0.474 e. The Morgan fingerprint density at radius 3 is 2.69 bits per heavy atom. The van der Waals surface area contributed by atoms with Crippen molar-refractivity contribution < 1.29 is 19.0 Å². The van der Waals surface area contributed by atoms with E-state index in [9.17, 15) is 4.79 Å². The van der Waals surface area contributed by atoms with E-state index in [2.05, 4.69) is 26.3 Å². The smallest absolute Gasteiger partial charge is 0.407 e. The summed E-state index contributed by atoms with van der Waals surface area (Å²) in [4.78, 5) is 25.3. The minimum absolute atomic E-state index is 0.197. The lowest BCUT2D eigenvalue weighted by atomic mass is 9.91. The maximum atomic E-state index is 11.8. The van der Waals surface area contributed by atoms with Crippen LogP contribution in [0.15, 0.2) is 12.4 Å². The van der Waals surface area contributed by atoms with Crippen LogP contribution >= 0.6 is 11.3 Å². The number of carbonyl (C=O) groups excluding carboxylic acids is 1. The topological polar surface area (TPSA) is 85.8 Å². The van der Waals surface area contributed by atoms with Crippen molar-refractivity contribution in [2.24, 2.45) is 0 Å². The van der Waals surface area contributed by atoms with Gasteiger partial charge in [-0.15, -0.1) is 11.3 Å². The number of ether oxygens (including phenoxy) is 3. The van der Waals surface area contributed by atoms with Gasteiger partial charge in [-0.2, -0.15) is 0 Å². The molecule has 1 aliphatic carbocycles. The van der Waals surface area contributed by atoms with E-state index in [1.165, 1.54) is 0 Å². The highest BCUT2D eigenvalue weighted by atomic mass is 32.1. The first-order valence-corrected chi connectivity index (χ1v) is 12.4. The molecule has 1 saturated heterocycles. The van der Waals surface area contributed by atoms with Crippen LogP contribution in [0.25, 0.3) is 10.2 Å². The zero-order valence-electron chi connectivity index (χ0n) is 19.3. The van der Waals surface area contributed by atoms with Crippen molar-refractivity contribution in [1.29, 1.82) is 0 Å². The Hall–Kier alpha value is -1.97. The van der Waals surface area contributed by atoms with E-state index < -0.39 is 11.7 Å². The summed E-state index contributed by atoms with van der Waals surface area (Å²) in [5.74, 6) is 0.674. The highest BCUT2D eigenvalue weighted by molar-refractivity contribution is 7.18. The van der Waals surface area contributed by atoms with Gasteiger partial charge in [0, 0.05) is 30.6 Å². The molecule has 9 heteroatoms. The van der Waals surface area contributed by atoms with Crippen LogP contribution in [0.4, 0.5) is 4.79 Å². The summed E-state index contributed by atoms with van der Waals surface area (Å²) < 4.78 is 17.1. The first-order valence-electron chi connectivity index (χ1n) is 11.6. The molecule has 2 aliphatic rings. The van der Waals surface area contributed by atoms with E-state index in [0.717, 1.165) is 67.1 Å². The minimum Gasteiger partial charge on any atom is -0.474 e. The Labute approximate surface area is 193 Å². The molecule has 1 aliphatic heterocycles. The van der Waals surface area contributed by atoms with Crippen LogP contribution in [-0.4, -0.2) is 71.6 Å². The number of nitrogens with zero attached hydrogens (tertiary/aromatic N) is 3. The van der Waals surface area contributed by atoms with Crippen molar-refractivity contribution >= 4 is 27.6 Å². The van der Waals surface area contributed by atoms with Gasteiger partial charge in [-0.1, -0.05) is 0 Å². The number of amides is 1. The van der Waals surface area contributed by atoms with Gasteiger partial charge < -0.3 is 19.5 Å². The third-order valence-corrected chi connectivity index (χ3v) is 6.97. The van der Waals surface area contributed by atoms with E-state index in [4.69, 9.17) is 14.2 Å². The van der Waals surface area contributed by atoms with Gasteiger partial charge in [-0.05, 0) is 58.9 Å². The predicted molar refractivity (Wildman–Crippen MR) is 124 cm³/mol. The number of thiophene rings is 1. The summed E-state index contributed by atoms with van der Waals surface area (Å²) in [6, 6.07) is 2.74. The summed E-state index contributed by atoms with van der Waals surface area (Å²) in [5, 5.41) is 3.77. The van der Waals surface area contributed by atoms with Crippen LogP contribution in [0.2, 0.25) is 0 Å². The molecule has 0 atom stereocenters. The van der Waals surface area contributed by atoms with Crippen LogP contribution in [0.1, 0.15) is 51.3 Å². The van der Waals surface area contributed by atoms with Gasteiger partial charge in [-0.3, -0.25) is 4.90 Å². The highest BCUT2D eigenvalue weighted by Gasteiger charge is 2.28. The van der Waals surface area contributed by atoms with Gasteiger partial charge in [0.1, 0.15) is 22.9 Å². The summed E-state index contributed by atoms with van der Waals surface area (Å²) in [7, 11) is 0. The van der Waals surface area contributed by atoms with Gasteiger partial charge >= 0.3 is 6.09 Å². The lowest BCUT2D eigenvalue weighted by molar-refractivity contribution is -0.00126. The number of carbonyl (C=O) groups is 1. The summed E-state index contributed by atoms with van der Waals surface area (Å²) in [6.07, 6.45) is 6.50. The number of nitrogens with one attached hydrogen (secondary N) is 1. The SMILES string of the molecule is CC(C)(C)OC(=O)NCCc1cc2c(O[C@H]3CC[C@H](N4CCOCC4)CC3)ncnc2s1. The molecular formula is C23H34N4O4S. The fraction of sp³-hybridized carbons (Fsp3) is 0.696. The quantitative estimate of drug-likeness (QED) is 0.699. The molecule has 0 spiro atoms. The Bertz CT molecular complexity index is 899. The Morgan fingerprint density at radius 1 is 1.22 bits per heavy atom. The molecule has 8 nitrogen and oxygen atoms in total. The number of hydrogen-bond donors (Lipinski definition) is 1. The maximum absolute atomic E-state index is 11.8. The number of rotatable bonds is 6. The third-order valence-electron chi connectivity index (χ3n) is 5.87. The first-order chi connectivity index (χ1) is 15.4. The van der Waals surface area contributed by atoms with Crippen LogP contribution in [0, 0.1) is 0 Å². The van der Waals surface area contributed by atoms with Gasteiger partial charge in [0.25, 0.3) is 0 Å².